The van der Waals surface area contributed by atoms with Crippen molar-refractivity contribution in [3.63, 3.8) is 0 Å². The van der Waals surface area contributed by atoms with Gasteiger partial charge in [0.1, 0.15) is 6.67 Å². The molecule has 6 heterocycles. The normalized spacial score (nSPS) is 24.3. The Balaban J connectivity index is 1.12. The van der Waals surface area contributed by atoms with Gasteiger partial charge in [-0.25, -0.2) is 13.7 Å². The van der Waals surface area contributed by atoms with E-state index in [1.54, 1.807) is 4.90 Å². The molecule has 4 aliphatic rings. The smallest absolute Gasteiger partial charge is 0.410 e. The molecule has 0 N–H and O–H groups in total. The van der Waals surface area contributed by atoms with Crippen molar-refractivity contribution in [1.82, 2.24) is 19.4 Å². The predicted octanol–water partition coefficient (Wildman–Crippen LogP) is 3.20. The Bertz CT molecular complexity index is 1280. The standard InChI is InChI=1S/C30H41FN6O4/c1-3-40-30(7-10-34(11-8-30)22(2)17-31)24-4-5-26(32-18-24)23-16-28-27(6-9-33-37(28)19-23)35-12-14-36(15-13-35)29(38)41-25-20-39-21-25/h4-6,9,16,19,22,24-25H,3,7-8,10-15,17-18,20-21H2,1-2H3. The minimum atomic E-state index is -0.317. The number of hydrogen-bond donors (Lipinski definition) is 0. The van der Waals surface area contributed by atoms with Gasteiger partial charge in [-0.2, -0.15) is 5.10 Å². The second-order valence-electron chi connectivity index (χ2n) is 11.5. The molecule has 3 fully saturated rings. The summed E-state index contributed by atoms with van der Waals surface area (Å²) in [5.41, 5.74) is 3.83. The second-order valence-corrected chi connectivity index (χ2v) is 11.5. The monoisotopic (exact) mass is 568 g/mol. The first-order valence-corrected chi connectivity index (χ1v) is 14.9. The van der Waals surface area contributed by atoms with Crippen molar-refractivity contribution in [2.24, 2.45) is 10.9 Å². The summed E-state index contributed by atoms with van der Waals surface area (Å²) >= 11 is 0. The highest BCUT2D eigenvalue weighted by molar-refractivity contribution is 6.10. The van der Waals surface area contributed by atoms with E-state index >= 15 is 0 Å². The van der Waals surface area contributed by atoms with Crippen LogP contribution < -0.4 is 4.90 Å². The van der Waals surface area contributed by atoms with Crippen molar-refractivity contribution in [1.29, 1.82) is 0 Å². The molecule has 3 saturated heterocycles. The molecule has 2 atom stereocenters. The topological polar surface area (TPSA) is 84.1 Å². The minimum Gasteiger partial charge on any atom is -0.441 e. The number of aliphatic imine (C=N–C) groups is 1. The lowest BCUT2D eigenvalue weighted by Crippen LogP contribution is -2.53. The first-order valence-electron chi connectivity index (χ1n) is 14.9. The van der Waals surface area contributed by atoms with E-state index in [2.05, 4.69) is 33.1 Å². The molecule has 2 aromatic heterocycles. The van der Waals surface area contributed by atoms with Crippen LogP contribution in [0.5, 0.6) is 0 Å². The molecular formula is C30H41FN6O4. The molecule has 6 rings (SSSR count). The average Bonchev–Trinajstić information content (AvgIpc) is 3.44. The van der Waals surface area contributed by atoms with Crippen LogP contribution in [0, 0.1) is 5.92 Å². The summed E-state index contributed by atoms with van der Waals surface area (Å²) in [5, 5.41) is 4.56. The van der Waals surface area contributed by atoms with Crippen LogP contribution in [-0.2, 0) is 14.2 Å². The summed E-state index contributed by atoms with van der Waals surface area (Å²) < 4.78 is 32.1. The first-order chi connectivity index (χ1) is 20.0. The van der Waals surface area contributed by atoms with Gasteiger partial charge in [0.15, 0.2) is 6.10 Å². The van der Waals surface area contributed by atoms with Crippen LogP contribution in [-0.4, -0.2) is 121 Å². The van der Waals surface area contributed by atoms with E-state index in [4.69, 9.17) is 19.2 Å². The molecule has 11 heteroatoms. The van der Waals surface area contributed by atoms with Crippen molar-refractivity contribution in [2.75, 3.05) is 77.2 Å². The molecular weight excluding hydrogens is 527 g/mol. The molecule has 41 heavy (non-hydrogen) atoms. The van der Waals surface area contributed by atoms with E-state index in [1.807, 2.05) is 36.8 Å². The minimum absolute atomic E-state index is 0.0449. The molecule has 0 saturated carbocycles. The van der Waals surface area contributed by atoms with Crippen molar-refractivity contribution in [2.45, 2.75) is 44.4 Å². The first kappa shape index (κ1) is 28.1. The van der Waals surface area contributed by atoms with Crippen molar-refractivity contribution in [3.8, 4) is 0 Å². The highest BCUT2D eigenvalue weighted by Gasteiger charge is 2.42. The lowest BCUT2D eigenvalue weighted by Gasteiger charge is -2.46. The summed E-state index contributed by atoms with van der Waals surface area (Å²) in [4.78, 5) is 23.8. The number of amides is 1. The number of carbonyl (C=O) groups excluding carboxylic acids is 1. The van der Waals surface area contributed by atoms with Gasteiger partial charge < -0.3 is 24.0 Å². The number of hydrogen-bond acceptors (Lipinski definition) is 8. The number of fused-ring (bicyclic) bond motifs is 1. The van der Waals surface area contributed by atoms with Gasteiger partial charge in [0.25, 0.3) is 0 Å². The van der Waals surface area contributed by atoms with Gasteiger partial charge in [-0.15, -0.1) is 0 Å². The maximum Gasteiger partial charge on any atom is 0.410 e. The van der Waals surface area contributed by atoms with Gasteiger partial charge in [0.2, 0.25) is 0 Å². The summed E-state index contributed by atoms with van der Waals surface area (Å²) in [7, 11) is 0. The molecule has 2 unspecified atom stereocenters. The second kappa shape index (κ2) is 12.1. The quantitative estimate of drug-likeness (QED) is 0.484. The zero-order chi connectivity index (χ0) is 28.4. The third-order valence-corrected chi connectivity index (χ3v) is 9.08. The van der Waals surface area contributed by atoms with E-state index in [-0.39, 0.29) is 36.4 Å². The number of nitrogens with zero attached hydrogens (tertiary/aromatic N) is 6. The number of alkyl halides is 1. The lowest BCUT2D eigenvalue weighted by molar-refractivity contribution is -0.108. The van der Waals surface area contributed by atoms with Crippen LogP contribution in [0.1, 0.15) is 32.3 Å². The Kier molecular flexibility index (Phi) is 8.28. The van der Waals surface area contributed by atoms with E-state index in [1.165, 1.54) is 0 Å². The van der Waals surface area contributed by atoms with E-state index in [0.29, 0.717) is 39.5 Å². The molecule has 4 aliphatic heterocycles. The predicted molar refractivity (Wildman–Crippen MR) is 155 cm³/mol. The zero-order valence-electron chi connectivity index (χ0n) is 24.1. The Morgan fingerprint density at radius 2 is 1.98 bits per heavy atom. The number of allylic oxidation sites excluding steroid dienone is 1. The Labute approximate surface area is 240 Å². The molecule has 1 amide bonds. The zero-order valence-corrected chi connectivity index (χ0v) is 24.1. The summed E-state index contributed by atoms with van der Waals surface area (Å²) in [6, 6.07) is 4.14. The maximum atomic E-state index is 13.2. The number of piperidine rings is 1. The van der Waals surface area contributed by atoms with Crippen LogP contribution in [0.2, 0.25) is 0 Å². The van der Waals surface area contributed by atoms with Crippen molar-refractivity contribution >= 4 is 23.0 Å². The molecule has 2 aromatic rings. The number of likely N-dealkylation sites (tertiary alicyclic amines) is 1. The van der Waals surface area contributed by atoms with Gasteiger partial charge >= 0.3 is 6.09 Å². The molecule has 222 valence electrons. The summed E-state index contributed by atoms with van der Waals surface area (Å²) in [6.07, 6.45) is 9.64. The molecule has 10 nitrogen and oxygen atoms in total. The van der Waals surface area contributed by atoms with E-state index in [9.17, 15) is 9.18 Å². The number of carbonyl (C=O) groups is 1. The molecule has 0 aromatic carbocycles. The van der Waals surface area contributed by atoms with Gasteiger partial charge in [-0.3, -0.25) is 9.89 Å². The van der Waals surface area contributed by atoms with Gasteiger partial charge in [0.05, 0.1) is 35.7 Å². The fourth-order valence-electron chi connectivity index (χ4n) is 6.43. The van der Waals surface area contributed by atoms with E-state index in [0.717, 1.165) is 61.5 Å². The van der Waals surface area contributed by atoms with Crippen LogP contribution in [0.4, 0.5) is 14.9 Å². The fourth-order valence-corrected chi connectivity index (χ4v) is 6.43. The van der Waals surface area contributed by atoms with Gasteiger partial charge in [0, 0.05) is 82.3 Å². The number of ether oxygens (including phenoxy) is 3. The average molecular weight is 569 g/mol. The van der Waals surface area contributed by atoms with Crippen LogP contribution >= 0.6 is 0 Å². The highest BCUT2D eigenvalue weighted by Crippen LogP contribution is 2.37. The Morgan fingerprint density at radius 3 is 2.61 bits per heavy atom. The van der Waals surface area contributed by atoms with Gasteiger partial charge in [-0.1, -0.05) is 6.08 Å². The molecule has 0 radical (unpaired) electrons. The number of aromatic nitrogens is 2. The summed E-state index contributed by atoms with van der Waals surface area (Å²) in [5.74, 6) is 0.194. The number of dihydropyridines is 1. The molecule has 0 bridgehead atoms. The Hall–Kier alpha value is -3.02. The largest absolute Gasteiger partial charge is 0.441 e. The fraction of sp³-hybridized carbons (Fsp3) is 0.633. The Morgan fingerprint density at radius 1 is 1.20 bits per heavy atom. The maximum absolute atomic E-state index is 13.2. The van der Waals surface area contributed by atoms with Crippen molar-refractivity contribution in [3.05, 3.63) is 42.2 Å². The third kappa shape index (κ3) is 5.72. The van der Waals surface area contributed by atoms with Crippen LogP contribution in [0.3, 0.4) is 0 Å². The highest BCUT2D eigenvalue weighted by atomic mass is 19.1. The van der Waals surface area contributed by atoms with E-state index < -0.39 is 0 Å². The lowest BCUT2D eigenvalue weighted by atomic mass is 9.77. The number of halogens is 1. The number of piperazine rings is 1. The third-order valence-electron chi connectivity index (χ3n) is 9.08. The van der Waals surface area contributed by atoms with Gasteiger partial charge in [-0.05, 0) is 44.9 Å². The molecule has 0 spiro atoms. The SMILES string of the molecule is CCOC1(C2C=CC(c3cc4c(N5CCN(C(=O)OC6COC6)CC5)ccnn4c3)=NC2)CCN(C(C)CF)CC1. The van der Waals surface area contributed by atoms with Crippen molar-refractivity contribution < 1.29 is 23.4 Å². The number of anilines is 1. The van der Waals surface area contributed by atoms with Crippen LogP contribution in [0.25, 0.3) is 5.52 Å². The van der Waals surface area contributed by atoms with Crippen LogP contribution in [0.15, 0.2) is 41.7 Å². The summed E-state index contributed by atoms with van der Waals surface area (Å²) in [6.45, 7) is 10.3. The molecule has 0 aliphatic carbocycles. The number of rotatable bonds is 8.